The monoisotopic (exact) mass is 698 g/mol. The van der Waals surface area contributed by atoms with Gasteiger partial charge in [-0.2, -0.15) is 0 Å². The van der Waals surface area contributed by atoms with E-state index in [4.69, 9.17) is 18.9 Å². The lowest BCUT2D eigenvalue weighted by molar-refractivity contribution is 0.108. The van der Waals surface area contributed by atoms with E-state index in [1.165, 1.54) is 23.9 Å². The van der Waals surface area contributed by atoms with Crippen LogP contribution in [-0.4, -0.2) is 25.5 Å². The van der Waals surface area contributed by atoms with E-state index in [1.807, 2.05) is 0 Å². The zero-order valence-corrected chi connectivity index (χ0v) is 22.8. The fourth-order valence-electron chi connectivity index (χ4n) is 2.00. The molecule has 0 N–H and O–H groups in total. The molecule has 31 heavy (non-hydrogen) atoms. The van der Waals surface area contributed by atoms with Crippen molar-refractivity contribution in [2.75, 3.05) is 13.2 Å². The van der Waals surface area contributed by atoms with Gasteiger partial charge in [0.25, 0.3) is 0 Å². The summed E-state index contributed by atoms with van der Waals surface area (Å²) >= 11 is 15.0. The van der Waals surface area contributed by atoms with Crippen LogP contribution in [0.5, 0.6) is 11.5 Å². The highest BCUT2D eigenvalue weighted by atomic mass is 79.9. The summed E-state index contributed by atoms with van der Waals surface area (Å²) in [5, 5.41) is 0. The van der Waals surface area contributed by atoms with Gasteiger partial charge >= 0.3 is 12.3 Å². The number of hydrogen-bond donors (Lipinski definition) is 0. The maximum Gasteiger partial charge on any atom is 0.514 e. The van der Waals surface area contributed by atoms with E-state index < -0.39 is 12.3 Å². The van der Waals surface area contributed by atoms with Crippen LogP contribution in [0.1, 0.15) is 0 Å². The summed E-state index contributed by atoms with van der Waals surface area (Å²) in [6.07, 6.45) is 1.22. The van der Waals surface area contributed by atoms with Gasteiger partial charge in [-0.15, -0.1) is 0 Å². The van der Waals surface area contributed by atoms with Crippen LogP contribution in [-0.2, 0) is 9.47 Å². The molecule has 0 aliphatic rings. The Bertz CT molecular complexity index is 886. The maximum atomic E-state index is 11.7. The fraction of sp³-hybridized carbons (Fsp3) is 0.100. The van der Waals surface area contributed by atoms with Gasteiger partial charge in [0, 0.05) is 9.79 Å². The van der Waals surface area contributed by atoms with Crippen molar-refractivity contribution in [2.24, 2.45) is 0 Å². The first-order valence-corrected chi connectivity index (χ1v) is 12.3. The molecule has 0 saturated carbocycles. The van der Waals surface area contributed by atoms with Gasteiger partial charge in [-0.3, -0.25) is 0 Å². The zero-order valence-electron chi connectivity index (χ0n) is 15.7. The van der Waals surface area contributed by atoms with Gasteiger partial charge in [0.1, 0.15) is 13.2 Å². The Balaban J connectivity index is 2.17. The molecule has 0 unspecified atom stereocenters. The number of hydrogen-bond acceptors (Lipinski definition) is 7. The molecule has 0 aromatic heterocycles. The van der Waals surface area contributed by atoms with Crippen molar-refractivity contribution in [2.45, 2.75) is 9.79 Å². The van der Waals surface area contributed by atoms with E-state index >= 15 is 0 Å². The third-order valence-electron chi connectivity index (χ3n) is 3.19. The van der Waals surface area contributed by atoms with E-state index in [0.29, 0.717) is 29.4 Å². The van der Waals surface area contributed by atoms with Gasteiger partial charge in [0.15, 0.2) is 11.5 Å². The number of carbonyl (C=O) groups excluding carboxylic acids is 2. The molecule has 0 saturated heterocycles. The summed E-state index contributed by atoms with van der Waals surface area (Å²) in [5.41, 5.74) is 0. The quantitative estimate of drug-likeness (QED) is 0.156. The number of halogens is 4. The SMILES string of the molecule is C=CCOC(=O)Oc1c(Br)cc(Sc2cc(Br)c(OC(=O)OCC=C)c(Br)c2)cc1Br. The van der Waals surface area contributed by atoms with Crippen LogP contribution in [0.2, 0.25) is 0 Å². The van der Waals surface area contributed by atoms with E-state index in [9.17, 15) is 9.59 Å². The molecule has 2 aromatic carbocycles. The van der Waals surface area contributed by atoms with Gasteiger partial charge in [-0.1, -0.05) is 37.1 Å². The van der Waals surface area contributed by atoms with Gasteiger partial charge in [-0.05, 0) is 88.0 Å². The number of carbonyl (C=O) groups is 2. The molecule has 0 bridgehead atoms. The molecule has 0 heterocycles. The Hall–Kier alpha value is -1.27. The second-order valence-corrected chi connectivity index (χ2v) is 10.0. The van der Waals surface area contributed by atoms with Crippen molar-refractivity contribution < 1.29 is 28.5 Å². The second-order valence-electron chi connectivity index (χ2n) is 5.44. The van der Waals surface area contributed by atoms with Crippen molar-refractivity contribution in [1.82, 2.24) is 0 Å². The van der Waals surface area contributed by atoms with Crippen molar-refractivity contribution in [3.63, 3.8) is 0 Å². The van der Waals surface area contributed by atoms with E-state index in [1.54, 1.807) is 24.3 Å². The van der Waals surface area contributed by atoms with Crippen molar-refractivity contribution in [3.8, 4) is 11.5 Å². The molecular weight excluding hydrogens is 688 g/mol. The van der Waals surface area contributed by atoms with Crippen LogP contribution >= 0.6 is 75.5 Å². The van der Waals surface area contributed by atoms with Gasteiger partial charge in [-0.25, -0.2) is 9.59 Å². The molecule has 0 amide bonds. The lowest BCUT2D eigenvalue weighted by Gasteiger charge is -2.12. The summed E-state index contributed by atoms with van der Waals surface area (Å²) in [7, 11) is 0. The molecule has 0 aliphatic heterocycles. The van der Waals surface area contributed by atoms with Crippen LogP contribution in [0.15, 0.2) is 77.3 Å². The number of ether oxygens (including phenoxy) is 4. The highest BCUT2D eigenvalue weighted by molar-refractivity contribution is 9.11. The average Bonchev–Trinajstić information content (AvgIpc) is 2.70. The molecule has 11 heteroatoms. The number of benzene rings is 2. The summed E-state index contributed by atoms with van der Waals surface area (Å²) in [4.78, 5) is 25.1. The predicted molar refractivity (Wildman–Crippen MR) is 132 cm³/mol. The maximum absolute atomic E-state index is 11.7. The van der Waals surface area contributed by atoms with Crippen LogP contribution in [0.4, 0.5) is 9.59 Å². The summed E-state index contributed by atoms with van der Waals surface area (Å²) in [6, 6.07) is 7.18. The zero-order chi connectivity index (χ0) is 23.0. The Labute approximate surface area is 216 Å². The predicted octanol–water partition coefficient (Wildman–Crippen LogP) is 8.29. The third kappa shape index (κ3) is 7.98. The third-order valence-corrected chi connectivity index (χ3v) is 6.49. The Kier molecular flexibility index (Phi) is 10.6. The van der Waals surface area contributed by atoms with E-state index in [2.05, 4.69) is 76.9 Å². The Morgan fingerprint density at radius 1 is 0.742 bits per heavy atom. The molecular formula is C20H14Br4O6S. The standard InChI is InChI=1S/C20H14Br4O6S/c1-3-5-27-19(25)29-17-13(21)7-11(8-14(17)22)31-12-9-15(23)18(16(24)10-12)30-20(26)28-6-4-2/h3-4,7-10H,1-2,5-6H2. The normalized spacial score (nSPS) is 10.2. The highest BCUT2D eigenvalue weighted by Gasteiger charge is 2.17. The molecule has 2 aromatic rings. The molecule has 6 nitrogen and oxygen atoms in total. The number of rotatable bonds is 8. The Morgan fingerprint density at radius 3 is 1.35 bits per heavy atom. The van der Waals surface area contributed by atoms with Crippen molar-refractivity contribution in [3.05, 3.63) is 67.5 Å². The minimum atomic E-state index is -0.836. The van der Waals surface area contributed by atoms with Gasteiger partial charge < -0.3 is 18.9 Å². The van der Waals surface area contributed by atoms with Crippen LogP contribution in [0.3, 0.4) is 0 Å². The van der Waals surface area contributed by atoms with Gasteiger partial charge in [0.05, 0.1) is 17.9 Å². The molecule has 0 radical (unpaired) electrons. The highest BCUT2D eigenvalue weighted by Crippen LogP contribution is 2.43. The topological polar surface area (TPSA) is 71.1 Å². The largest absolute Gasteiger partial charge is 0.514 e. The minimum absolute atomic E-state index is 0.0530. The van der Waals surface area contributed by atoms with E-state index in [-0.39, 0.29) is 13.2 Å². The minimum Gasteiger partial charge on any atom is -0.430 e. The second kappa shape index (κ2) is 12.7. The first kappa shape index (κ1) is 26.0. The molecule has 2 rings (SSSR count). The molecule has 0 spiro atoms. The molecule has 0 fully saturated rings. The molecule has 0 aliphatic carbocycles. The summed E-state index contributed by atoms with van der Waals surface area (Å²) < 4.78 is 22.3. The lowest BCUT2D eigenvalue weighted by Crippen LogP contribution is -2.11. The Morgan fingerprint density at radius 2 is 1.06 bits per heavy atom. The van der Waals surface area contributed by atoms with Crippen LogP contribution in [0.25, 0.3) is 0 Å². The summed E-state index contributed by atoms with van der Waals surface area (Å²) in [6.45, 7) is 7.06. The van der Waals surface area contributed by atoms with E-state index in [0.717, 1.165) is 9.79 Å². The summed E-state index contributed by atoms with van der Waals surface area (Å²) in [5.74, 6) is 0.588. The fourth-order valence-corrected chi connectivity index (χ4v) is 6.28. The van der Waals surface area contributed by atoms with Crippen molar-refractivity contribution >= 4 is 87.8 Å². The molecule has 0 atom stereocenters. The smallest absolute Gasteiger partial charge is 0.430 e. The van der Waals surface area contributed by atoms with Crippen LogP contribution < -0.4 is 9.47 Å². The lowest BCUT2D eigenvalue weighted by atomic mass is 10.3. The van der Waals surface area contributed by atoms with Crippen molar-refractivity contribution in [1.29, 1.82) is 0 Å². The van der Waals surface area contributed by atoms with Gasteiger partial charge in [0.2, 0.25) is 0 Å². The average molecular weight is 702 g/mol. The first-order valence-electron chi connectivity index (χ1n) is 8.32. The molecule has 164 valence electrons. The first-order chi connectivity index (χ1) is 14.7. The van der Waals surface area contributed by atoms with Crippen LogP contribution in [0, 0.1) is 0 Å².